The van der Waals surface area contributed by atoms with E-state index < -0.39 is 0 Å². The first-order chi connectivity index (χ1) is 16.8. The number of para-hydroxylation sites is 2. The molecule has 6 rings (SSSR count). The van der Waals surface area contributed by atoms with E-state index in [9.17, 15) is 0 Å². The van der Waals surface area contributed by atoms with E-state index in [0.29, 0.717) is 0 Å². The van der Waals surface area contributed by atoms with Crippen molar-refractivity contribution >= 4 is 50.1 Å². The fourth-order valence-corrected chi connectivity index (χ4v) is 6.74. The van der Waals surface area contributed by atoms with Gasteiger partial charge in [0, 0.05) is 18.0 Å². The van der Waals surface area contributed by atoms with Crippen LogP contribution >= 0.6 is 23.1 Å². The van der Waals surface area contributed by atoms with Crippen LogP contribution in [0.4, 0.5) is 10.8 Å². The molecule has 4 aromatic rings. The Morgan fingerprint density at radius 3 is 2.50 bits per heavy atom. The number of aliphatic imine (C=N–C) groups is 1. The average Bonchev–Trinajstić information content (AvgIpc) is 3.49. The standard InChI is InChI=1S/C27H26N4OS2/c1-32-20-15-13-19(14-16-20)25-31(22-10-4-6-12-24(22)33-25)27(30-17-7-2-8-18-30)29-26-28-21-9-3-5-11-23(21)34-26/h3-6,9-16,25H,2,7-8,17-18H2,1H3/b29-27+. The van der Waals surface area contributed by atoms with Gasteiger partial charge in [-0.15, -0.1) is 0 Å². The minimum Gasteiger partial charge on any atom is -0.497 e. The van der Waals surface area contributed by atoms with Crippen LogP contribution in [0.1, 0.15) is 30.2 Å². The van der Waals surface area contributed by atoms with Crippen molar-refractivity contribution in [1.82, 2.24) is 9.88 Å². The topological polar surface area (TPSA) is 41.0 Å². The number of benzene rings is 3. The maximum atomic E-state index is 5.41. The Bertz CT molecular complexity index is 1290. The van der Waals surface area contributed by atoms with E-state index in [1.54, 1.807) is 18.4 Å². The summed E-state index contributed by atoms with van der Waals surface area (Å²) >= 11 is 3.54. The van der Waals surface area contributed by atoms with Crippen LogP contribution in [-0.4, -0.2) is 36.0 Å². The van der Waals surface area contributed by atoms with E-state index in [-0.39, 0.29) is 5.37 Å². The number of aromatic nitrogens is 1. The second kappa shape index (κ2) is 9.31. The SMILES string of the molecule is COc1ccc(C2Sc3ccccc3N2/C(=N/c2nc3ccccc3s2)N2CCCCC2)cc1. The van der Waals surface area contributed by atoms with Gasteiger partial charge in [-0.1, -0.05) is 59.5 Å². The summed E-state index contributed by atoms with van der Waals surface area (Å²) in [6.45, 7) is 2.03. The van der Waals surface area contributed by atoms with Crippen molar-refractivity contribution in [3.63, 3.8) is 0 Å². The van der Waals surface area contributed by atoms with Gasteiger partial charge in [0.15, 0.2) is 0 Å². The smallest absolute Gasteiger partial charge is 0.213 e. The molecule has 0 aliphatic carbocycles. The van der Waals surface area contributed by atoms with E-state index in [2.05, 4.69) is 64.4 Å². The summed E-state index contributed by atoms with van der Waals surface area (Å²) < 4.78 is 6.58. The zero-order valence-electron chi connectivity index (χ0n) is 19.1. The number of ether oxygens (including phenoxy) is 1. The Morgan fingerprint density at radius 2 is 1.71 bits per heavy atom. The number of nitrogens with zero attached hydrogens (tertiary/aromatic N) is 4. The highest BCUT2D eigenvalue weighted by atomic mass is 32.2. The first-order valence-electron chi connectivity index (χ1n) is 11.7. The van der Waals surface area contributed by atoms with Crippen molar-refractivity contribution in [3.8, 4) is 5.75 Å². The van der Waals surface area contributed by atoms with Gasteiger partial charge in [-0.05, 0) is 61.2 Å². The molecule has 1 saturated heterocycles. The first-order valence-corrected chi connectivity index (χ1v) is 13.4. The third kappa shape index (κ3) is 4.03. The number of rotatable bonds is 3. The number of hydrogen-bond donors (Lipinski definition) is 0. The van der Waals surface area contributed by atoms with Gasteiger partial charge in [-0.2, -0.15) is 4.99 Å². The number of thiazole rings is 1. The summed E-state index contributed by atoms with van der Waals surface area (Å²) in [5.41, 5.74) is 3.45. The lowest BCUT2D eigenvalue weighted by Crippen LogP contribution is -2.46. The molecule has 0 saturated carbocycles. The molecular formula is C27H26N4OS2. The number of methoxy groups -OCH3 is 1. The summed E-state index contributed by atoms with van der Waals surface area (Å²) in [4.78, 5) is 16.2. The van der Waals surface area contributed by atoms with Gasteiger partial charge in [0.1, 0.15) is 11.1 Å². The zero-order chi connectivity index (χ0) is 22.9. The molecule has 34 heavy (non-hydrogen) atoms. The van der Waals surface area contributed by atoms with Crippen LogP contribution < -0.4 is 9.64 Å². The maximum Gasteiger partial charge on any atom is 0.213 e. The fourth-order valence-electron chi connectivity index (χ4n) is 4.62. The lowest BCUT2D eigenvalue weighted by atomic mass is 10.1. The highest BCUT2D eigenvalue weighted by Gasteiger charge is 2.37. The third-order valence-electron chi connectivity index (χ3n) is 6.33. The molecule has 0 amide bonds. The molecule has 1 atom stereocenters. The van der Waals surface area contributed by atoms with Gasteiger partial charge < -0.3 is 9.64 Å². The van der Waals surface area contributed by atoms with Gasteiger partial charge >= 0.3 is 0 Å². The first kappa shape index (κ1) is 21.5. The predicted octanol–water partition coefficient (Wildman–Crippen LogP) is 7.09. The molecule has 5 nitrogen and oxygen atoms in total. The van der Waals surface area contributed by atoms with Gasteiger partial charge in [-0.3, -0.25) is 4.90 Å². The molecule has 172 valence electrons. The lowest BCUT2D eigenvalue weighted by Gasteiger charge is -2.37. The van der Waals surface area contributed by atoms with Gasteiger partial charge in [-0.25, -0.2) is 4.98 Å². The Kier molecular flexibility index (Phi) is 5.89. The van der Waals surface area contributed by atoms with Gasteiger partial charge in [0.05, 0.1) is 23.0 Å². The summed E-state index contributed by atoms with van der Waals surface area (Å²) in [5.74, 6) is 1.87. The Hall–Kier alpha value is -3.03. The number of likely N-dealkylation sites (tertiary alicyclic amines) is 1. The van der Waals surface area contributed by atoms with Crippen LogP contribution in [0.5, 0.6) is 5.75 Å². The molecule has 2 aliphatic rings. The van der Waals surface area contributed by atoms with Gasteiger partial charge in [0.25, 0.3) is 0 Å². The quantitative estimate of drug-likeness (QED) is 0.228. The van der Waals surface area contributed by atoms with Gasteiger partial charge in [0.2, 0.25) is 11.1 Å². The molecule has 0 spiro atoms. The normalized spacial score (nSPS) is 18.4. The highest BCUT2D eigenvalue weighted by Crippen LogP contribution is 2.52. The van der Waals surface area contributed by atoms with Crippen molar-refractivity contribution in [2.45, 2.75) is 29.5 Å². The van der Waals surface area contributed by atoms with Crippen LogP contribution in [0.3, 0.4) is 0 Å². The van der Waals surface area contributed by atoms with Crippen molar-refractivity contribution < 1.29 is 4.74 Å². The summed E-state index contributed by atoms with van der Waals surface area (Å²) in [7, 11) is 1.71. The van der Waals surface area contributed by atoms with Crippen molar-refractivity contribution in [2.75, 3.05) is 25.1 Å². The van der Waals surface area contributed by atoms with Crippen LogP contribution in [0.25, 0.3) is 10.2 Å². The predicted molar refractivity (Wildman–Crippen MR) is 143 cm³/mol. The van der Waals surface area contributed by atoms with E-state index in [4.69, 9.17) is 14.7 Å². The number of fused-ring (bicyclic) bond motifs is 2. The molecule has 1 fully saturated rings. The molecule has 7 heteroatoms. The molecule has 3 heterocycles. The second-order valence-electron chi connectivity index (χ2n) is 8.50. The van der Waals surface area contributed by atoms with Crippen molar-refractivity contribution in [3.05, 3.63) is 78.4 Å². The van der Waals surface area contributed by atoms with Crippen LogP contribution in [-0.2, 0) is 0 Å². The summed E-state index contributed by atoms with van der Waals surface area (Å²) in [5, 5.41) is 0.906. The van der Waals surface area contributed by atoms with Crippen LogP contribution in [0.2, 0.25) is 0 Å². The largest absolute Gasteiger partial charge is 0.497 e. The molecule has 0 radical (unpaired) electrons. The summed E-state index contributed by atoms with van der Waals surface area (Å²) in [6, 6.07) is 25.4. The zero-order valence-corrected chi connectivity index (χ0v) is 20.7. The minimum atomic E-state index is 0.0957. The van der Waals surface area contributed by atoms with Crippen molar-refractivity contribution in [1.29, 1.82) is 0 Å². The maximum absolute atomic E-state index is 5.41. The molecule has 0 bridgehead atoms. The number of piperidine rings is 1. The third-order valence-corrected chi connectivity index (χ3v) is 8.57. The fraction of sp³-hybridized carbons (Fsp3) is 0.259. The number of hydrogen-bond acceptors (Lipinski definition) is 5. The Labute approximate surface area is 208 Å². The molecule has 1 aromatic heterocycles. The molecule has 2 aliphatic heterocycles. The number of anilines is 1. The molecule has 3 aromatic carbocycles. The number of guanidine groups is 1. The monoisotopic (exact) mass is 486 g/mol. The molecular weight excluding hydrogens is 460 g/mol. The lowest BCUT2D eigenvalue weighted by molar-refractivity contribution is 0.336. The minimum absolute atomic E-state index is 0.0957. The average molecular weight is 487 g/mol. The van der Waals surface area contributed by atoms with Crippen LogP contribution in [0, 0.1) is 0 Å². The highest BCUT2D eigenvalue weighted by molar-refractivity contribution is 8.00. The second-order valence-corrected chi connectivity index (χ2v) is 10.6. The molecule has 1 unspecified atom stereocenters. The Morgan fingerprint density at radius 1 is 0.941 bits per heavy atom. The van der Waals surface area contributed by atoms with E-state index in [1.165, 1.54) is 40.1 Å². The number of thioether (sulfide) groups is 1. The van der Waals surface area contributed by atoms with E-state index in [0.717, 1.165) is 35.4 Å². The van der Waals surface area contributed by atoms with E-state index in [1.807, 2.05) is 30.0 Å². The summed E-state index contributed by atoms with van der Waals surface area (Å²) in [6.07, 6.45) is 3.65. The Balaban J connectivity index is 1.48. The van der Waals surface area contributed by atoms with E-state index >= 15 is 0 Å². The van der Waals surface area contributed by atoms with Crippen LogP contribution in [0.15, 0.2) is 82.7 Å². The van der Waals surface area contributed by atoms with Crippen molar-refractivity contribution in [2.24, 2.45) is 4.99 Å². The molecule has 0 N–H and O–H groups in total.